The molecule has 1 aromatic heterocycles. The van der Waals surface area contributed by atoms with Crippen molar-refractivity contribution in [3.8, 4) is 11.5 Å². The molecule has 0 saturated heterocycles. The zero-order valence-electron chi connectivity index (χ0n) is 13.7. The molecule has 0 aliphatic rings. The van der Waals surface area contributed by atoms with Crippen LogP contribution in [0.15, 0.2) is 56.1 Å². The normalized spacial score (nSPS) is 10.7. The number of fused-ring (bicyclic) bond motifs is 1. The molecule has 25 heavy (non-hydrogen) atoms. The van der Waals surface area contributed by atoms with Gasteiger partial charge in [-0.3, -0.25) is 0 Å². The molecule has 5 nitrogen and oxygen atoms in total. The number of hydrogen-bond donors (Lipinski definition) is 0. The quantitative estimate of drug-likeness (QED) is 0.372. The molecule has 0 aliphatic heterocycles. The van der Waals surface area contributed by atoms with Crippen LogP contribution >= 0.6 is 15.9 Å². The second kappa shape index (κ2) is 7.11. The summed E-state index contributed by atoms with van der Waals surface area (Å²) in [6.07, 6.45) is 0. The van der Waals surface area contributed by atoms with Gasteiger partial charge in [0.25, 0.3) is 0 Å². The van der Waals surface area contributed by atoms with E-state index >= 15 is 0 Å². The van der Waals surface area contributed by atoms with Gasteiger partial charge in [-0.25, -0.2) is 9.59 Å². The van der Waals surface area contributed by atoms with Crippen LogP contribution in [0, 0.1) is 13.8 Å². The van der Waals surface area contributed by atoms with E-state index in [0.717, 1.165) is 15.4 Å². The van der Waals surface area contributed by atoms with Crippen LogP contribution in [-0.2, 0) is 4.79 Å². The Morgan fingerprint density at radius 3 is 2.72 bits per heavy atom. The number of halogens is 1. The smallest absolute Gasteiger partial charge is 0.349 e. The maximum absolute atomic E-state index is 12.0. The monoisotopic (exact) mass is 402 g/mol. The summed E-state index contributed by atoms with van der Waals surface area (Å²) < 4.78 is 16.9. The standard InChI is InChI=1S/C19H15BrO5/c1-11-8-17(21)25-19-12(2)16(7-6-15(11)19)24-18(22)10-23-14-5-3-4-13(20)9-14/h3-9H,10H2,1-2H3. The largest absolute Gasteiger partial charge is 0.482 e. The average Bonchev–Trinajstić information content (AvgIpc) is 2.56. The van der Waals surface area contributed by atoms with E-state index in [1.807, 2.05) is 19.1 Å². The molecule has 0 radical (unpaired) electrons. The topological polar surface area (TPSA) is 65.7 Å². The summed E-state index contributed by atoms with van der Waals surface area (Å²) in [6, 6.07) is 12.0. The molecule has 1 heterocycles. The molecule has 0 aliphatic carbocycles. The van der Waals surface area contributed by atoms with Gasteiger partial charge < -0.3 is 13.9 Å². The van der Waals surface area contributed by atoms with Crippen molar-refractivity contribution in [3.05, 3.63) is 68.5 Å². The predicted octanol–water partition coefficient (Wildman–Crippen LogP) is 4.16. The summed E-state index contributed by atoms with van der Waals surface area (Å²) in [5.74, 6) is 0.352. The van der Waals surface area contributed by atoms with Crippen molar-refractivity contribution in [2.24, 2.45) is 0 Å². The van der Waals surface area contributed by atoms with Crippen LogP contribution in [0.25, 0.3) is 11.0 Å². The first-order valence-corrected chi connectivity index (χ1v) is 8.36. The number of rotatable bonds is 4. The maximum Gasteiger partial charge on any atom is 0.349 e. The third-order valence-corrected chi connectivity index (χ3v) is 4.19. The van der Waals surface area contributed by atoms with Gasteiger partial charge >= 0.3 is 11.6 Å². The number of carbonyl (C=O) groups is 1. The van der Waals surface area contributed by atoms with Crippen molar-refractivity contribution in [3.63, 3.8) is 0 Å². The van der Waals surface area contributed by atoms with Gasteiger partial charge in [0.1, 0.15) is 17.1 Å². The summed E-state index contributed by atoms with van der Waals surface area (Å²) in [5.41, 5.74) is 1.39. The molecule has 0 bridgehead atoms. The molecule has 3 rings (SSSR count). The van der Waals surface area contributed by atoms with Crippen molar-refractivity contribution in [2.45, 2.75) is 13.8 Å². The van der Waals surface area contributed by atoms with Gasteiger partial charge in [-0.05, 0) is 49.7 Å². The molecule has 0 unspecified atom stereocenters. The second-order valence-electron chi connectivity index (χ2n) is 5.53. The van der Waals surface area contributed by atoms with Gasteiger partial charge in [-0.2, -0.15) is 0 Å². The first kappa shape index (κ1) is 17.2. The highest BCUT2D eigenvalue weighted by atomic mass is 79.9. The molecule has 2 aromatic carbocycles. The van der Waals surface area contributed by atoms with Crippen molar-refractivity contribution < 1.29 is 18.7 Å². The van der Waals surface area contributed by atoms with Crippen LogP contribution in [0.5, 0.6) is 11.5 Å². The third-order valence-electron chi connectivity index (χ3n) is 3.69. The lowest BCUT2D eigenvalue weighted by Gasteiger charge is -2.11. The number of aryl methyl sites for hydroxylation is 2. The molecular formula is C19H15BrO5. The van der Waals surface area contributed by atoms with Crippen molar-refractivity contribution in [1.29, 1.82) is 0 Å². The van der Waals surface area contributed by atoms with E-state index < -0.39 is 11.6 Å². The van der Waals surface area contributed by atoms with E-state index in [-0.39, 0.29) is 6.61 Å². The predicted molar refractivity (Wildman–Crippen MR) is 97.2 cm³/mol. The summed E-state index contributed by atoms with van der Waals surface area (Å²) >= 11 is 3.33. The number of ether oxygens (including phenoxy) is 2. The number of carbonyl (C=O) groups excluding carboxylic acids is 1. The Kier molecular flexibility index (Phi) is 4.90. The van der Waals surface area contributed by atoms with Gasteiger partial charge in [0.2, 0.25) is 0 Å². The Hall–Kier alpha value is -2.60. The summed E-state index contributed by atoms with van der Waals surface area (Å²) in [4.78, 5) is 23.6. The fourth-order valence-corrected chi connectivity index (χ4v) is 2.84. The van der Waals surface area contributed by atoms with Gasteiger partial charge in [0.05, 0.1) is 0 Å². The number of hydrogen-bond acceptors (Lipinski definition) is 5. The van der Waals surface area contributed by atoms with Gasteiger partial charge in [0, 0.05) is 21.5 Å². The summed E-state index contributed by atoms with van der Waals surface area (Å²) in [7, 11) is 0. The van der Waals surface area contributed by atoms with Gasteiger partial charge in [-0.1, -0.05) is 22.0 Å². The Morgan fingerprint density at radius 1 is 1.16 bits per heavy atom. The maximum atomic E-state index is 12.0. The van der Waals surface area contributed by atoms with Gasteiger partial charge in [-0.15, -0.1) is 0 Å². The van der Waals surface area contributed by atoms with E-state index in [1.165, 1.54) is 6.07 Å². The van der Waals surface area contributed by atoms with Crippen LogP contribution in [0.4, 0.5) is 0 Å². The average molecular weight is 403 g/mol. The van der Waals surface area contributed by atoms with Crippen molar-refractivity contribution in [2.75, 3.05) is 6.61 Å². The summed E-state index contributed by atoms with van der Waals surface area (Å²) in [6.45, 7) is 3.34. The van der Waals surface area contributed by atoms with Crippen LogP contribution in [0.1, 0.15) is 11.1 Å². The molecule has 6 heteroatoms. The van der Waals surface area contributed by atoms with Crippen molar-refractivity contribution in [1.82, 2.24) is 0 Å². The lowest BCUT2D eigenvalue weighted by atomic mass is 10.1. The molecule has 0 amide bonds. The highest BCUT2D eigenvalue weighted by Gasteiger charge is 2.13. The molecule has 0 fully saturated rings. The minimum atomic E-state index is -0.544. The Balaban J connectivity index is 1.77. The van der Waals surface area contributed by atoms with Crippen molar-refractivity contribution >= 4 is 32.9 Å². The fraction of sp³-hybridized carbons (Fsp3) is 0.158. The van der Waals surface area contributed by atoms with Crippen LogP contribution < -0.4 is 15.1 Å². The highest BCUT2D eigenvalue weighted by molar-refractivity contribution is 9.10. The first-order valence-electron chi connectivity index (χ1n) is 7.57. The lowest BCUT2D eigenvalue weighted by Crippen LogP contribution is -2.18. The van der Waals surface area contributed by atoms with E-state index in [9.17, 15) is 9.59 Å². The highest BCUT2D eigenvalue weighted by Crippen LogP contribution is 2.28. The fourth-order valence-electron chi connectivity index (χ4n) is 2.46. The zero-order valence-corrected chi connectivity index (χ0v) is 15.3. The van der Waals surface area contributed by atoms with Crippen LogP contribution in [0.3, 0.4) is 0 Å². The SMILES string of the molecule is Cc1cc(=O)oc2c(C)c(OC(=O)COc3cccc(Br)c3)ccc12. The molecular weight excluding hydrogens is 388 g/mol. The number of esters is 1. The molecule has 0 N–H and O–H groups in total. The minimum absolute atomic E-state index is 0.230. The summed E-state index contributed by atoms with van der Waals surface area (Å²) in [5, 5.41) is 0.808. The number of benzene rings is 2. The second-order valence-corrected chi connectivity index (χ2v) is 6.45. The third kappa shape index (κ3) is 3.91. The Bertz CT molecular complexity index is 1010. The molecule has 0 atom stereocenters. The molecule has 128 valence electrons. The minimum Gasteiger partial charge on any atom is -0.482 e. The Labute approximate surface area is 152 Å². The van der Waals surface area contributed by atoms with E-state index in [1.54, 1.807) is 31.2 Å². The van der Waals surface area contributed by atoms with Crippen LogP contribution in [-0.4, -0.2) is 12.6 Å². The van der Waals surface area contributed by atoms with E-state index in [2.05, 4.69) is 15.9 Å². The molecule has 3 aromatic rings. The molecule has 0 saturated carbocycles. The van der Waals surface area contributed by atoms with Gasteiger partial charge in [0.15, 0.2) is 6.61 Å². The van der Waals surface area contributed by atoms with E-state index in [0.29, 0.717) is 22.6 Å². The zero-order chi connectivity index (χ0) is 18.0. The molecule has 0 spiro atoms. The van der Waals surface area contributed by atoms with E-state index in [4.69, 9.17) is 13.9 Å². The van der Waals surface area contributed by atoms with Crippen LogP contribution in [0.2, 0.25) is 0 Å². The first-order chi connectivity index (χ1) is 11.9. The lowest BCUT2D eigenvalue weighted by molar-refractivity contribution is -0.136. The Morgan fingerprint density at radius 2 is 1.96 bits per heavy atom.